The number of fused-ring (bicyclic) bond motifs is 1. The number of hydrogen-bond acceptors (Lipinski definition) is 2. The Morgan fingerprint density at radius 2 is 1.89 bits per heavy atom. The van der Waals surface area contributed by atoms with E-state index < -0.39 is 0 Å². The van der Waals surface area contributed by atoms with E-state index in [1.165, 1.54) is 24.0 Å². The molecule has 4 rings (SSSR count). The summed E-state index contributed by atoms with van der Waals surface area (Å²) in [5, 5.41) is 4.86. The Morgan fingerprint density at radius 3 is 2.67 bits per heavy atom. The lowest BCUT2D eigenvalue weighted by Gasteiger charge is -2.38. The van der Waals surface area contributed by atoms with Crippen molar-refractivity contribution in [2.24, 2.45) is 5.92 Å². The number of benzene rings is 2. The van der Waals surface area contributed by atoms with Gasteiger partial charge in [-0.15, -0.1) is 0 Å². The van der Waals surface area contributed by atoms with E-state index in [9.17, 15) is 4.79 Å². The largest absolute Gasteiger partial charge is 0.310 e. The van der Waals surface area contributed by atoms with E-state index in [4.69, 9.17) is 23.2 Å². The van der Waals surface area contributed by atoms with E-state index in [1.54, 1.807) is 0 Å². The zero-order chi connectivity index (χ0) is 18.8. The minimum atomic E-state index is 0.162. The Hall–Kier alpha value is -1.61. The van der Waals surface area contributed by atoms with Crippen LogP contribution in [0.3, 0.4) is 0 Å². The van der Waals surface area contributed by atoms with Crippen molar-refractivity contribution in [1.82, 2.24) is 5.32 Å². The summed E-state index contributed by atoms with van der Waals surface area (Å²) >= 11 is 12.1. The Kier molecular flexibility index (Phi) is 5.68. The van der Waals surface area contributed by atoms with Gasteiger partial charge in [-0.1, -0.05) is 59.1 Å². The van der Waals surface area contributed by atoms with E-state index in [2.05, 4.69) is 11.4 Å². The molecule has 0 saturated heterocycles. The molecule has 0 aliphatic heterocycles. The van der Waals surface area contributed by atoms with Crippen molar-refractivity contribution < 1.29 is 4.79 Å². The number of hydrogen-bond donors (Lipinski definition) is 1. The maximum Gasteiger partial charge on any atom is 0.186 e. The lowest BCUT2D eigenvalue weighted by molar-refractivity contribution is 0.104. The standard InChI is InChI=1S/C23H23Cl2NO/c24-20-9-6-16(12-21(20)25)14-26-22-10-8-17(22)7-5-15-11-18-3-1-2-4-19(18)23(27)13-15/h1-4,6,9,12-13,17,22,26H,5,7-8,10-11,14H2/t17-,22+/m0/s1. The smallest absolute Gasteiger partial charge is 0.186 e. The van der Waals surface area contributed by atoms with Gasteiger partial charge in [-0.25, -0.2) is 0 Å². The molecule has 0 spiro atoms. The fourth-order valence-corrected chi connectivity index (χ4v) is 4.41. The van der Waals surface area contributed by atoms with Crippen LogP contribution < -0.4 is 5.32 Å². The summed E-state index contributed by atoms with van der Waals surface area (Å²) in [6.45, 7) is 0.812. The number of ketones is 1. The molecular formula is C23H23Cl2NO. The molecular weight excluding hydrogens is 377 g/mol. The number of carbonyl (C=O) groups is 1. The van der Waals surface area contributed by atoms with Crippen LogP contribution in [0.5, 0.6) is 0 Å². The van der Waals surface area contributed by atoms with Crippen LogP contribution in [0.25, 0.3) is 0 Å². The molecule has 2 nitrogen and oxygen atoms in total. The molecule has 1 fully saturated rings. The molecule has 0 bridgehead atoms. The second kappa shape index (κ2) is 8.18. The molecule has 27 heavy (non-hydrogen) atoms. The third-order valence-corrected chi connectivity index (χ3v) is 6.58. The zero-order valence-corrected chi connectivity index (χ0v) is 16.7. The van der Waals surface area contributed by atoms with Gasteiger partial charge in [0.05, 0.1) is 10.0 Å². The van der Waals surface area contributed by atoms with Gasteiger partial charge < -0.3 is 5.32 Å². The maximum absolute atomic E-state index is 12.3. The predicted molar refractivity (Wildman–Crippen MR) is 112 cm³/mol. The SMILES string of the molecule is O=C1C=C(CC[C@H]2CC[C@H]2NCc2ccc(Cl)c(Cl)c2)Cc2ccccc21. The highest BCUT2D eigenvalue weighted by atomic mass is 35.5. The highest BCUT2D eigenvalue weighted by Crippen LogP contribution is 2.34. The molecule has 2 aliphatic carbocycles. The van der Waals surface area contributed by atoms with Crippen molar-refractivity contribution in [3.63, 3.8) is 0 Å². The summed E-state index contributed by atoms with van der Waals surface area (Å²) in [5.74, 6) is 0.843. The first kappa shape index (κ1) is 18.7. The van der Waals surface area contributed by atoms with Crippen molar-refractivity contribution >= 4 is 29.0 Å². The summed E-state index contributed by atoms with van der Waals surface area (Å²) in [5.41, 5.74) is 4.47. The number of allylic oxidation sites excluding steroid dienone is 2. The van der Waals surface area contributed by atoms with Crippen LogP contribution in [0.15, 0.2) is 54.1 Å². The number of carbonyl (C=O) groups excluding carboxylic acids is 1. The van der Waals surface area contributed by atoms with Crippen molar-refractivity contribution in [3.05, 3.63) is 80.8 Å². The monoisotopic (exact) mass is 399 g/mol. The predicted octanol–water partition coefficient (Wildman–Crippen LogP) is 6.01. The number of halogens is 2. The zero-order valence-electron chi connectivity index (χ0n) is 15.2. The van der Waals surface area contributed by atoms with Gasteiger partial charge in [-0.3, -0.25) is 4.79 Å². The third kappa shape index (κ3) is 4.29. The summed E-state index contributed by atoms with van der Waals surface area (Å²) in [7, 11) is 0. The fourth-order valence-electron chi connectivity index (χ4n) is 4.09. The molecule has 2 atom stereocenters. The number of rotatable bonds is 6. The van der Waals surface area contributed by atoms with E-state index in [1.807, 2.05) is 42.5 Å². The van der Waals surface area contributed by atoms with Crippen molar-refractivity contribution in [2.45, 2.75) is 44.7 Å². The topological polar surface area (TPSA) is 29.1 Å². The van der Waals surface area contributed by atoms with Crippen LogP contribution in [-0.4, -0.2) is 11.8 Å². The van der Waals surface area contributed by atoms with E-state index in [0.717, 1.165) is 36.9 Å². The molecule has 0 radical (unpaired) electrons. The Balaban J connectivity index is 1.28. The van der Waals surface area contributed by atoms with Gasteiger partial charge in [0.15, 0.2) is 5.78 Å². The molecule has 0 amide bonds. The van der Waals surface area contributed by atoms with Crippen LogP contribution in [0.1, 0.15) is 47.2 Å². The minimum Gasteiger partial charge on any atom is -0.310 e. The quantitative estimate of drug-likeness (QED) is 0.644. The third-order valence-electron chi connectivity index (χ3n) is 5.84. The first-order chi connectivity index (χ1) is 13.1. The van der Waals surface area contributed by atoms with Crippen LogP contribution >= 0.6 is 23.2 Å². The van der Waals surface area contributed by atoms with Crippen LogP contribution in [0.2, 0.25) is 10.0 Å². The molecule has 2 aromatic rings. The summed E-state index contributed by atoms with van der Waals surface area (Å²) in [6.07, 6.45) is 7.40. The lowest BCUT2D eigenvalue weighted by Crippen LogP contribution is -2.43. The van der Waals surface area contributed by atoms with Gasteiger partial charge >= 0.3 is 0 Å². The van der Waals surface area contributed by atoms with Gasteiger partial charge in [0.1, 0.15) is 0 Å². The van der Waals surface area contributed by atoms with Crippen molar-refractivity contribution in [3.8, 4) is 0 Å². The lowest BCUT2D eigenvalue weighted by atomic mass is 9.75. The Labute approximate surface area is 170 Å². The summed E-state index contributed by atoms with van der Waals surface area (Å²) < 4.78 is 0. The van der Waals surface area contributed by atoms with Crippen molar-refractivity contribution in [1.29, 1.82) is 0 Å². The fraction of sp³-hybridized carbons (Fsp3) is 0.348. The van der Waals surface area contributed by atoms with Gasteiger partial charge in [0.25, 0.3) is 0 Å². The first-order valence-electron chi connectivity index (χ1n) is 9.59. The number of nitrogens with one attached hydrogen (secondary N) is 1. The van der Waals surface area contributed by atoms with Gasteiger partial charge in [0, 0.05) is 18.2 Å². The molecule has 140 valence electrons. The molecule has 0 heterocycles. The maximum atomic E-state index is 12.3. The van der Waals surface area contributed by atoms with Gasteiger partial charge in [-0.05, 0) is 67.4 Å². The highest BCUT2D eigenvalue weighted by molar-refractivity contribution is 6.42. The Bertz CT molecular complexity index is 890. The molecule has 2 aromatic carbocycles. The van der Waals surface area contributed by atoms with Gasteiger partial charge in [-0.2, -0.15) is 0 Å². The van der Waals surface area contributed by atoms with Crippen molar-refractivity contribution in [2.75, 3.05) is 0 Å². The summed E-state index contributed by atoms with van der Waals surface area (Å²) in [4.78, 5) is 12.3. The molecule has 1 N–H and O–H groups in total. The normalized spacial score (nSPS) is 21.4. The average molecular weight is 400 g/mol. The van der Waals surface area contributed by atoms with E-state index in [-0.39, 0.29) is 5.78 Å². The highest BCUT2D eigenvalue weighted by Gasteiger charge is 2.30. The molecule has 0 unspecified atom stereocenters. The Morgan fingerprint density at radius 1 is 1.04 bits per heavy atom. The summed E-state index contributed by atoms with van der Waals surface area (Å²) in [6, 6.07) is 14.3. The molecule has 2 aliphatic rings. The van der Waals surface area contributed by atoms with E-state index in [0.29, 0.717) is 22.0 Å². The van der Waals surface area contributed by atoms with Crippen LogP contribution in [0.4, 0.5) is 0 Å². The second-order valence-electron chi connectivity index (χ2n) is 7.61. The van der Waals surface area contributed by atoms with E-state index >= 15 is 0 Å². The van der Waals surface area contributed by atoms with Crippen LogP contribution in [0, 0.1) is 5.92 Å². The molecule has 4 heteroatoms. The second-order valence-corrected chi connectivity index (χ2v) is 8.43. The molecule has 1 saturated carbocycles. The minimum absolute atomic E-state index is 0.162. The first-order valence-corrected chi connectivity index (χ1v) is 10.3. The van der Waals surface area contributed by atoms with Gasteiger partial charge in [0.2, 0.25) is 0 Å². The average Bonchev–Trinajstić information content (AvgIpc) is 2.64. The molecule has 0 aromatic heterocycles. The van der Waals surface area contributed by atoms with Crippen LogP contribution in [-0.2, 0) is 13.0 Å².